The van der Waals surface area contributed by atoms with Gasteiger partial charge in [-0.3, -0.25) is 13.9 Å². The average molecular weight is 632 g/mol. The van der Waals surface area contributed by atoms with Crippen LogP contribution in [0.2, 0.25) is 5.02 Å². The first-order chi connectivity index (χ1) is 21.0. The number of sulfonamides is 1. The van der Waals surface area contributed by atoms with Crippen molar-refractivity contribution in [3.8, 4) is 0 Å². The molecule has 4 aromatic carbocycles. The van der Waals surface area contributed by atoms with Gasteiger partial charge in [0.05, 0.1) is 10.6 Å². The van der Waals surface area contributed by atoms with Crippen LogP contribution < -0.4 is 9.62 Å². The molecule has 44 heavy (non-hydrogen) atoms. The van der Waals surface area contributed by atoms with Crippen LogP contribution in [0.25, 0.3) is 0 Å². The summed E-state index contributed by atoms with van der Waals surface area (Å²) >= 11 is 6.54. The smallest absolute Gasteiger partial charge is 0.264 e. The molecule has 0 aliphatic rings. The van der Waals surface area contributed by atoms with Gasteiger partial charge in [-0.1, -0.05) is 95.5 Å². The van der Waals surface area contributed by atoms with Crippen LogP contribution in [0.15, 0.2) is 108 Å². The number of carbonyl (C=O) groups is 2. The van der Waals surface area contributed by atoms with Gasteiger partial charge in [0.1, 0.15) is 12.6 Å². The zero-order valence-electron chi connectivity index (χ0n) is 25.4. The van der Waals surface area contributed by atoms with Crippen LogP contribution in [-0.4, -0.2) is 43.8 Å². The molecule has 7 nitrogen and oxygen atoms in total. The molecule has 0 radical (unpaired) electrons. The van der Waals surface area contributed by atoms with Crippen molar-refractivity contribution in [3.05, 3.63) is 130 Å². The van der Waals surface area contributed by atoms with Gasteiger partial charge in [-0.25, -0.2) is 8.42 Å². The summed E-state index contributed by atoms with van der Waals surface area (Å²) < 4.78 is 29.3. The number of halogens is 1. The van der Waals surface area contributed by atoms with Crippen LogP contribution in [0.4, 0.5) is 5.69 Å². The van der Waals surface area contributed by atoms with Crippen molar-refractivity contribution in [1.29, 1.82) is 0 Å². The van der Waals surface area contributed by atoms with E-state index in [0.717, 1.165) is 21.0 Å². The van der Waals surface area contributed by atoms with Crippen LogP contribution in [0.3, 0.4) is 0 Å². The molecule has 0 saturated carbocycles. The van der Waals surface area contributed by atoms with Crippen LogP contribution in [0.5, 0.6) is 0 Å². The molecule has 0 bridgehead atoms. The summed E-state index contributed by atoms with van der Waals surface area (Å²) in [4.78, 5) is 29.7. The number of aryl methyl sites for hydroxylation is 2. The van der Waals surface area contributed by atoms with E-state index >= 15 is 0 Å². The number of rotatable bonds is 12. The normalized spacial score (nSPS) is 12.0. The third kappa shape index (κ3) is 8.27. The second-order valence-corrected chi connectivity index (χ2v) is 13.4. The summed E-state index contributed by atoms with van der Waals surface area (Å²) in [6.07, 6.45) is 0.227. The number of hydrogen-bond acceptors (Lipinski definition) is 4. The Labute approximate surface area is 265 Å². The van der Waals surface area contributed by atoms with Crippen molar-refractivity contribution in [1.82, 2.24) is 10.2 Å². The second kappa shape index (κ2) is 14.6. The lowest BCUT2D eigenvalue weighted by atomic mass is 10.0. The Kier molecular flexibility index (Phi) is 10.8. The minimum Gasteiger partial charge on any atom is -0.352 e. The predicted molar refractivity (Wildman–Crippen MR) is 176 cm³/mol. The van der Waals surface area contributed by atoms with Crippen molar-refractivity contribution < 1.29 is 18.0 Å². The molecule has 0 saturated heterocycles. The largest absolute Gasteiger partial charge is 0.352 e. The van der Waals surface area contributed by atoms with Gasteiger partial charge < -0.3 is 10.2 Å². The lowest BCUT2D eigenvalue weighted by Crippen LogP contribution is -2.54. The average Bonchev–Trinajstić information content (AvgIpc) is 2.99. The summed E-state index contributed by atoms with van der Waals surface area (Å²) in [6.45, 7) is 6.97. The molecule has 0 heterocycles. The molecule has 0 aliphatic carbocycles. The van der Waals surface area contributed by atoms with Crippen molar-refractivity contribution in [2.24, 2.45) is 0 Å². The van der Waals surface area contributed by atoms with Crippen molar-refractivity contribution in [2.45, 2.75) is 57.6 Å². The van der Waals surface area contributed by atoms with E-state index in [9.17, 15) is 18.0 Å². The molecular formula is C35H38ClN3O4S. The molecular weight excluding hydrogens is 594 g/mol. The summed E-state index contributed by atoms with van der Waals surface area (Å²) in [5.41, 5.74) is 3.69. The van der Waals surface area contributed by atoms with E-state index in [2.05, 4.69) is 5.32 Å². The zero-order chi connectivity index (χ0) is 31.9. The van der Waals surface area contributed by atoms with E-state index in [4.69, 9.17) is 11.6 Å². The van der Waals surface area contributed by atoms with Gasteiger partial charge in [-0.15, -0.1) is 0 Å². The maximum absolute atomic E-state index is 14.5. The van der Waals surface area contributed by atoms with E-state index in [0.29, 0.717) is 16.3 Å². The number of nitrogens with zero attached hydrogens (tertiary/aromatic N) is 2. The highest BCUT2D eigenvalue weighted by molar-refractivity contribution is 7.92. The van der Waals surface area contributed by atoms with Crippen LogP contribution >= 0.6 is 11.6 Å². The molecule has 0 aromatic heterocycles. The molecule has 230 valence electrons. The fourth-order valence-electron chi connectivity index (χ4n) is 4.82. The van der Waals surface area contributed by atoms with E-state index in [1.807, 2.05) is 64.1 Å². The summed E-state index contributed by atoms with van der Waals surface area (Å²) in [5, 5.41) is 3.39. The number of amides is 2. The SMILES string of the molecule is Cc1ccc(N(CC(=O)N(Cc2ccccc2Cl)[C@H](Cc2ccccc2)C(=O)NC(C)C)S(=O)(=O)c2ccc(C)cc2)cc1. The molecule has 9 heteroatoms. The Hall–Kier alpha value is -4.14. The highest BCUT2D eigenvalue weighted by Crippen LogP contribution is 2.26. The Morgan fingerprint density at radius 2 is 1.36 bits per heavy atom. The quantitative estimate of drug-likeness (QED) is 0.198. The minimum atomic E-state index is -4.16. The van der Waals surface area contributed by atoms with E-state index < -0.39 is 28.5 Å². The number of hydrogen-bond donors (Lipinski definition) is 1. The molecule has 0 unspecified atom stereocenters. The van der Waals surface area contributed by atoms with Crippen molar-refractivity contribution >= 4 is 39.1 Å². The number of nitrogens with one attached hydrogen (secondary N) is 1. The van der Waals surface area contributed by atoms with Gasteiger partial charge in [0.25, 0.3) is 10.0 Å². The van der Waals surface area contributed by atoms with Gasteiger partial charge >= 0.3 is 0 Å². The molecule has 0 spiro atoms. The molecule has 1 N–H and O–H groups in total. The first-order valence-corrected chi connectivity index (χ1v) is 16.3. The van der Waals surface area contributed by atoms with Gasteiger partial charge in [0.2, 0.25) is 11.8 Å². The summed E-state index contributed by atoms with van der Waals surface area (Å²) in [7, 11) is -4.16. The first kappa shape index (κ1) is 32.8. The number of carbonyl (C=O) groups excluding carboxylic acids is 2. The molecule has 0 aliphatic heterocycles. The van der Waals surface area contributed by atoms with Gasteiger partial charge in [-0.05, 0) is 69.2 Å². The standard InChI is InChI=1S/C35H38ClN3O4S/c1-25(2)37-35(41)33(22-28-10-6-5-7-11-28)38(23-29-12-8-9-13-32(29)36)34(40)24-39(30-18-14-26(3)15-19-30)44(42,43)31-20-16-27(4)17-21-31/h5-21,25,33H,22-24H2,1-4H3,(H,37,41)/t33-/m1/s1. The Bertz CT molecular complexity index is 1680. The maximum atomic E-state index is 14.5. The Morgan fingerprint density at radius 1 is 0.795 bits per heavy atom. The van der Waals surface area contributed by atoms with Gasteiger partial charge in [0.15, 0.2) is 0 Å². The molecule has 0 fully saturated rings. The molecule has 4 aromatic rings. The predicted octanol–water partition coefficient (Wildman–Crippen LogP) is 6.32. The van der Waals surface area contributed by atoms with Crippen LogP contribution in [-0.2, 0) is 32.6 Å². The van der Waals surface area contributed by atoms with Crippen molar-refractivity contribution in [3.63, 3.8) is 0 Å². The first-order valence-electron chi connectivity index (χ1n) is 14.5. The topological polar surface area (TPSA) is 86.8 Å². The van der Waals surface area contributed by atoms with E-state index in [-0.39, 0.29) is 29.8 Å². The maximum Gasteiger partial charge on any atom is 0.264 e. The minimum absolute atomic E-state index is 0.00778. The summed E-state index contributed by atoms with van der Waals surface area (Å²) in [6, 6.07) is 28.9. The highest BCUT2D eigenvalue weighted by Gasteiger charge is 2.35. The Balaban J connectivity index is 1.81. The second-order valence-electron chi connectivity index (χ2n) is 11.1. The van der Waals surface area contributed by atoms with E-state index in [1.54, 1.807) is 54.6 Å². The third-order valence-corrected chi connectivity index (χ3v) is 9.37. The van der Waals surface area contributed by atoms with Crippen LogP contribution in [0, 0.1) is 13.8 Å². The van der Waals surface area contributed by atoms with Crippen LogP contribution in [0.1, 0.15) is 36.1 Å². The fraction of sp³-hybridized carbons (Fsp3) is 0.257. The molecule has 1 atom stereocenters. The lowest BCUT2D eigenvalue weighted by molar-refractivity contribution is -0.140. The van der Waals surface area contributed by atoms with E-state index in [1.165, 1.54) is 17.0 Å². The summed E-state index contributed by atoms with van der Waals surface area (Å²) in [5.74, 6) is -0.881. The van der Waals surface area contributed by atoms with Crippen molar-refractivity contribution in [2.75, 3.05) is 10.8 Å². The van der Waals surface area contributed by atoms with Gasteiger partial charge in [-0.2, -0.15) is 0 Å². The lowest BCUT2D eigenvalue weighted by Gasteiger charge is -2.34. The Morgan fingerprint density at radius 3 is 1.95 bits per heavy atom. The molecule has 4 rings (SSSR count). The molecule has 2 amide bonds. The highest BCUT2D eigenvalue weighted by atomic mass is 35.5. The number of benzene rings is 4. The number of anilines is 1. The fourth-order valence-corrected chi connectivity index (χ4v) is 6.43. The monoisotopic (exact) mass is 631 g/mol. The zero-order valence-corrected chi connectivity index (χ0v) is 27.0. The van der Waals surface area contributed by atoms with Gasteiger partial charge in [0, 0.05) is 24.0 Å². The third-order valence-electron chi connectivity index (χ3n) is 7.21.